The van der Waals surface area contributed by atoms with E-state index in [1.807, 2.05) is 16.8 Å². The molecule has 3 aromatic heterocycles. The minimum atomic E-state index is -1.12. The van der Waals surface area contributed by atoms with E-state index in [4.69, 9.17) is 10.7 Å². The van der Waals surface area contributed by atoms with Gasteiger partial charge in [0.1, 0.15) is 28.5 Å². The summed E-state index contributed by atoms with van der Waals surface area (Å²) in [5.41, 5.74) is 8.80. The molecule has 0 saturated heterocycles. The topological polar surface area (TPSA) is 131 Å². The van der Waals surface area contributed by atoms with Gasteiger partial charge in [0.25, 0.3) is 0 Å². The maximum absolute atomic E-state index is 13.1. The smallest absolute Gasteiger partial charge is 0.240 e. The maximum atomic E-state index is 13.1. The van der Waals surface area contributed by atoms with E-state index in [2.05, 4.69) is 20.3 Å². The van der Waals surface area contributed by atoms with Gasteiger partial charge in [0.05, 0.1) is 11.3 Å². The molecule has 1 atom stereocenters. The number of hydrogen-bond donors (Lipinski definition) is 3. The van der Waals surface area contributed by atoms with E-state index in [0.29, 0.717) is 34.4 Å². The summed E-state index contributed by atoms with van der Waals surface area (Å²) >= 11 is 0. The quantitative estimate of drug-likeness (QED) is 0.414. The number of nitrogens with two attached hydrogens (primary N) is 1. The highest BCUT2D eigenvalue weighted by Crippen LogP contribution is 2.45. The first-order valence-electron chi connectivity index (χ1n) is 12.1. The van der Waals surface area contributed by atoms with Crippen LogP contribution in [0.5, 0.6) is 5.75 Å². The molecule has 1 amide bonds. The molecule has 1 aliphatic heterocycles. The van der Waals surface area contributed by atoms with Gasteiger partial charge in [-0.15, -0.1) is 0 Å². The summed E-state index contributed by atoms with van der Waals surface area (Å²) in [6, 6.07) is 6.61. The van der Waals surface area contributed by atoms with Gasteiger partial charge in [0.2, 0.25) is 5.91 Å². The number of anilines is 2. The van der Waals surface area contributed by atoms with Crippen molar-refractivity contribution in [3.05, 3.63) is 59.7 Å². The Hall–Kier alpha value is -4.01. The van der Waals surface area contributed by atoms with Gasteiger partial charge in [-0.3, -0.25) is 4.79 Å². The molecule has 4 heterocycles. The number of hydrogen-bond acceptors (Lipinski definition) is 7. The van der Waals surface area contributed by atoms with E-state index in [1.165, 1.54) is 32.1 Å². The van der Waals surface area contributed by atoms with Crippen LogP contribution in [0.25, 0.3) is 17.2 Å². The predicted octanol–water partition coefficient (Wildman–Crippen LogP) is 3.86. The first-order chi connectivity index (χ1) is 16.9. The van der Waals surface area contributed by atoms with Crippen molar-refractivity contribution in [1.29, 1.82) is 0 Å². The minimum absolute atomic E-state index is 0.0735. The SMILES string of the molecule is C[C@@]1(c2cccc(O)c2)C(=O)Nc2nc(-c3cn4ccnc4c(CC4CCCCC4)n3)nc(N)c21. The molecule has 4 N–H and O–H groups in total. The highest BCUT2D eigenvalue weighted by molar-refractivity contribution is 6.09. The lowest BCUT2D eigenvalue weighted by Crippen LogP contribution is -2.32. The monoisotopic (exact) mass is 469 g/mol. The van der Waals surface area contributed by atoms with Gasteiger partial charge in [-0.05, 0) is 37.0 Å². The fourth-order valence-corrected chi connectivity index (χ4v) is 5.52. The number of aromatic nitrogens is 5. The second-order valence-corrected chi connectivity index (χ2v) is 9.72. The lowest BCUT2D eigenvalue weighted by atomic mass is 9.77. The van der Waals surface area contributed by atoms with Crippen LogP contribution in [0, 0.1) is 5.92 Å². The average Bonchev–Trinajstić information content (AvgIpc) is 3.43. The number of fused-ring (bicyclic) bond motifs is 2. The third-order valence-corrected chi connectivity index (χ3v) is 7.43. The Labute approximate surface area is 202 Å². The molecule has 0 unspecified atom stereocenters. The van der Waals surface area contributed by atoms with Gasteiger partial charge in [0.15, 0.2) is 11.5 Å². The lowest BCUT2D eigenvalue weighted by Gasteiger charge is -2.23. The van der Waals surface area contributed by atoms with Gasteiger partial charge < -0.3 is 20.6 Å². The zero-order valence-corrected chi connectivity index (χ0v) is 19.5. The normalized spacial score (nSPS) is 20.2. The van der Waals surface area contributed by atoms with Crippen molar-refractivity contribution in [3.8, 4) is 17.3 Å². The summed E-state index contributed by atoms with van der Waals surface area (Å²) in [6.45, 7) is 1.76. The van der Waals surface area contributed by atoms with Gasteiger partial charge in [-0.25, -0.2) is 19.9 Å². The number of nitrogens with one attached hydrogen (secondary N) is 1. The fraction of sp³-hybridized carbons (Fsp3) is 0.346. The van der Waals surface area contributed by atoms with Gasteiger partial charge in [0, 0.05) is 18.6 Å². The predicted molar refractivity (Wildman–Crippen MR) is 132 cm³/mol. The van der Waals surface area contributed by atoms with Gasteiger partial charge in [-0.2, -0.15) is 0 Å². The molecule has 9 heteroatoms. The third kappa shape index (κ3) is 3.50. The summed E-state index contributed by atoms with van der Waals surface area (Å²) in [5.74, 6) is 1.32. The highest BCUT2D eigenvalue weighted by atomic mass is 16.3. The number of aromatic hydroxyl groups is 1. The minimum Gasteiger partial charge on any atom is -0.508 e. The molecule has 1 fully saturated rings. The van der Waals surface area contributed by atoms with Crippen LogP contribution in [-0.4, -0.2) is 35.4 Å². The van der Waals surface area contributed by atoms with Crippen molar-refractivity contribution in [2.24, 2.45) is 5.92 Å². The number of benzene rings is 1. The molecule has 2 aliphatic rings. The number of imidazole rings is 1. The van der Waals surface area contributed by atoms with Crippen molar-refractivity contribution in [2.45, 2.75) is 50.9 Å². The van der Waals surface area contributed by atoms with Gasteiger partial charge in [-0.1, -0.05) is 44.2 Å². The van der Waals surface area contributed by atoms with E-state index in [-0.39, 0.29) is 17.5 Å². The van der Waals surface area contributed by atoms with E-state index in [1.54, 1.807) is 37.4 Å². The molecule has 9 nitrogen and oxygen atoms in total. The largest absolute Gasteiger partial charge is 0.508 e. The molecule has 6 rings (SSSR count). The van der Waals surface area contributed by atoms with Crippen LogP contribution in [0.1, 0.15) is 55.8 Å². The Morgan fingerprint density at radius 2 is 2.03 bits per heavy atom. The second kappa shape index (κ2) is 8.04. The maximum Gasteiger partial charge on any atom is 0.240 e. The molecule has 1 aromatic carbocycles. The second-order valence-electron chi connectivity index (χ2n) is 9.72. The molecular weight excluding hydrogens is 442 g/mol. The molecule has 0 bridgehead atoms. The Bertz CT molecular complexity index is 1460. The number of nitrogen functional groups attached to an aromatic ring is 1. The molecule has 178 valence electrons. The molecule has 1 aliphatic carbocycles. The van der Waals surface area contributed by atoms with Crippen molar-refractivity contribution in [3.63, 3.8) is 0 Å². The van der Waals surface area contributed by atoms with Crippen molar-refractivity contribution >= 4 is 23.2 Å². The number of nitrogens with zero attached hydrogens (tertiary/aromatic N) is 5. The van der Waals surface area contributed by atoms with Crippen molar-refractivity contribution in [1.82, 2.24) is 24.3 Å². The summed E-state index contributed by atoms with van der Waals surface area (Å²) in [5, 5.41) is 12.9. The summed E-state index contributed by atoms with van der Waals surface area (Å²) in [7, 11) is 0. The molecule has 0 radical (unpaired) electrons. The first-order valence-corrected chi connectivity index (χ1v) is 12.1. The first kappa shape index (κ1) is 21.5. The lowest BCUT2D eigenvalue weighted by molar-refractivity contribution is -0.119. The number of phenols is 1. The van der Waals surface area contributed by atoms with Crippen LogP contribution in [0.3, 0.4) is 0 Å². The van der Waals surface area contributed by atoms with Crippen LogP contribution in [0.15, 0.2) is 42.9 Å². The van der Waals surface area contributed by atoms with Crippen LogP contribution in [-0.2, 0) is 16.6 Å². The molecule has 0 spiro atoms. The van der Waals surface area contributed by atoms with Crippen molar-refractivity contribution < 1.29 is 9.90 Å². The average molecular weight is 470 g/mol. The molecule has 35 heavy (non-hydrogen) atoms. The summed E-state index contributed by atoms with van der Waals surface area (Å²) < 4.78 is 1.95. The molecule has 4 aromatic rings. The Morgan fingerprint density at radius 1 is 1.20 bits per heavy atom. The third-order valence-electron chi connectivity index (χ3n) is 7.43. The Morgan fingerprint density at radius 3 is 2.83 bits per heavy atom. The molecular formula is C26H27N7O2. The zero-order chi connectivity index (χ0) is 24.2. The highest BCUT2D eigenvalue weighted by Gasteiger charge is 2.47. The van der Waals surface area contributed by atoms with Gasteiger partial charge >= 0.3 is 0 Å². The van der Waals surface area contributed by atoms with Crippen molar-refractivity contribution in [2.75, 3.05) is 11.1 Å². The van der Waals surface area contributed by atoms with E-state index >= 15 is 0 Å². The van der Waals surface area contributed by atoms with E-state index in [0.717, 1.165) is 17.8 Å². The van der Waals surface area contributed by atoms with Crippen LogP contribution >= 0.6 is 0 Å². The fourth-order valence-electron chi connectivity index (χ4n) is 5.52. The number of carbonyl (C=O) groups is 1. The summed E-state index contributed by atoms with van der Waals surface area (Å²) in [6.07, 6.45) is 12.6. The number of phenolic OH excluding ortho intramolecular Hbond substituents is 1. The Kier molecular flexibility index (Phi) is 4.94. The zero-order valence-electron chi connectivity index (χ0n) is 19.5. The standard InChI is InChI=1S/C26H27N7O2/c1-26(16-8-5-9-17(34)13-16)20-21(27)30-22(31-23(20)32-25(26)35)19-14-33-11-10-28-24(33)18(29-19)12-15-6-3-2-4-7-15/h5,8-11,13-15,34H,2-4,6-7,12H2,1H3,(H3,27,30,31,32,35)/t26-/m0/s1. The number of rotatable bonds is 4. The van der Waals surface area contributed by atoms with Crippen LogP contribution in [0.4, 0.5) is 11.6 Å². The van der Waals surface area contributed by atoms with E-state index in [9.17, 15) is 9.90 Å². The van der Waals surface area contributed by atoms with Crippen LogP contribution in [0.2, 0.25) is 0 Å². The molecule has 1 saturated carbocycles. The summed E-state index contributed by atoms with van der Waals surface area (Å²) in [4.78, 5) is 31.8. The number of carbonyl (C=O) groups excluding carboxylic acids is 1. The van der Waals surface area contributed by atoms with E-state index < -0.39 is 5.41 Å². The van der Waals surface area contributed by atoms with Crippen LogP contribution < -0.4 is 11.1 Å². The Balaban J connectivity index is 1.43. The number of amides is 1.